The van der Waals surface area contributed by atoms with E-state index in [1.54, 1.807) is 0 Å². The first-order valence-corrected chi connectivity index (χ1v) is 9.31. The van der Waals surface area contributed by atoms with E-state index in [0.29, 0.717) is 5.54 Å². The highest BCUT2D eigenvalue weighted by Crippen LogP contribution is 2.57. The van der Waals surface area contributed by atoms with Crippen molar-refractivity contribution in [3.05, 3.63) is 12.7 Å². The molecule has 0 unspecified atom stereocenters. The van der Waals surface area contributed by atoms with E-state index in [4.69, 9.17) is 0 Å². The maximum Gasteiger partial charge on any atom is 0.0654 e. The first-order chi connectivity index (χ1) is 6.40. The second-order valence-electron chi connectivity index (χ2n) is 5.76. The minimum absolute atomic E-state index is 0.272. The van der Waals surface area contributed by atoms with Crippen molar-refractivity contribution in [2.45, 2.75) is 62.9 Å². The van der Waals surface area contributed by atoms with Crippen LogP contribution in [0.5, 0.6) is 0 Å². The predicted molar refractivity (Wildman–Crippen MR) is 65.3 cm³/mol. The Bertz CT molecular complexity index is 207. The van der Waals surface area contributed by atoms with Gasteiger partial charge in [0.15, 0.2) is 0 Å². The molecule has 0 aromatic carbocycles. The number of unbranched alkanes of at least 4 members (excludes halogenated alkanes) is 2. The van der Waals surface area contributed by atoms with Gasteiger partial charge in [-0.1, -0.05) is 32.1 Å². The summed E-state index contributed by atoms with van der Waals surface area (Å²) in [6, 6.07) is 0. The zero-order chi connectivity index (χ0) is 10.8. The smallest absolute Gasteiger partial charge is 0.0654 e. The zero-order valence-corrected chi connectivity index (χ0v) is 10.8. The summed E-state index contributed by atoms with van der Waals surface area (Å²) in [5.74, 6) is 0. The lowest BCUT2D eigenvalue weighted by molar-refractivity contribution is 0.136. The molecule has 0 aromatic heterocycles. The number of allylic oxidation sites excluding steroid dienone is 1. The van der Waals surface area contributed by atoms with Crippen LogP contribution in [0, 0.1) is 0 Å². The van der Waals surface area contributed by atoms with E-state index in [-0.39, 0.29) is 5.60 Å². The molecule has 0 amide bonds. The molecule has 0 bridgehead atoms. The summed E-state index contributed by atoms with van der Waals surface area (Å²) in [6.07, 6.45) is 7.47. The largest absolute Gasteiger partial charge is 0.390 e. The Morgan fingerprint density at radius 2 is 2.07 bits per heavy atom. The van der Waals surface area contributed by atoms with E-state index in [1.807, 2.05) is 6.08 Å². The molecule has 0 aliphatic heterocycles. The van der Waals surface area contributed by atoms with Crippen molar-refractivity contribution >= 4 is 8.07 Å². The fraction of sp³-hybridized carbons (Fsp3) is 0.833. The topological polar surface area (TPSA) is 20.2 Å². The van der Waals surface area contributed by atoms with Crippen molar-refractivity contribution in [3.63, 3.8) is 0 Å². The van der Waals surface area contributed by atoms with Crippen molar-refractivity contribution in [2.75, 3.05) is 0 Å². The van der Waals surface area contributed by atoms with Gasteiger partial charge in [0.1, 0.15) is 0 Å². The third-order valence-electron chi connectivity index (χ3n) is 3.36. The molecule has 0 heterocycles. The van der Waals surface area contributed by atoms with Crippen molar-refractivity contribution in [1.29, 1.82) is 0 Å². The molecule has 2 atom stereocenters. The van der Waals surface area contributed by atoms with Gasteiger partial charge >= 0.3 is 0 Å². The second-order valence-corrected chi connectivity index (χ2v) is 11.2. The highest BCUT2D eigenvalue weighted by atomic mass is 28.3. The van der Waals surface area contributed by atoms with E-state index in [9.17, 15) is 5.11 Å². The van der Waals surface area contributed by atoms with Crippen LogP contribution in [0.4, 0.5) is 0 Å². The molecule has 0 radical (unpaired) electrons. The van der Waals surface area contributed by atoms with Crippen LogP contribution in [0.2, 0.25) is 25.2 Å². The van der Waals surface area contributed by atoms with Gasteiger partial charge in [-0.15, -0.1) is 6.58 Å². The summed E-state index contributed by atoms with van der Waals surface area (Å²) < 4.78 is 0. The maximum atomic E-state index is 10.2. The Balaban J connectivity index is 2.23. The van der Waals surface area contributed by atoms with Crippen molar-refractivity contribution in [2.24, 2.45) is 0 Å². The van der Waals surface area contributed by atoms with Crippen molar-refractivity contribution in [3.8, 4) is 0 Å². The summed E-state index contributed by atoms with van der Waals surface area (Å²) in [5.41, 5.74) is 0.379. The van der Waals surface area contributed by atoms with Crippen LogP contribution in [0.3, 0.4) is 0 Å². The monoisotopic (exact) mass is 212 g/mol. The average molecular weight is 212 g/mol. The molecule has 0 aromatic rings. The van der Waals surface area contributed by atoms with E-state index in [1.165, 1.54) is 6.42 Å². The molecule has 1 saturated carbocycles. The quantitative estimate of drug-likeness (QED) is 0.405. The molecule has 82 valence electrons. The Kier molecular flexibility index (Phi) is 3.59. The Morgan fingerprint density at radius 1 is 1.43 bits per heavy atom. The molecule has 1 nitrogen and oxygen atoms in total. The number of hydrogen-bond acceptors (Lipinski definition) is 1. The summed E-state index contributed by atoms with van der Waals surface area (Å²) in [7, 11) is -1.10. The first kappa shape index (κ1) is 12.0. The van der Waals surface area contributed by atoms with E-state index < -0.39 is 8.07 Å². The molecule has 1 aliphatic carbocycles. The highest BCUT2D eigenvalue weighted by molar-refractivity contribution is 6.78. The van der Waals surface area contributed by atoms with Gasteiger partial charge in [-0.05, 0) is 31.2 Å². The van der Waals surface area contributed by atoms with Crippen LogP contribution in [0.15, 0.2) is 12.7 Å². The van der Waals surface area contributed by atoms with Gasteiger partial charge in [0.25, 0.3) is 0 Å². The fourth-order valence-corrected chi connectivity index (χ4v) is 5.13. The van der Waals surface area contributed by atoms with Gasteiger partial charge in [0, 0.05) is 0 Å². The average Bonchev–Trinajstić information content (AvgIpc) is 2.72. The van der Waals surface area contributed by atoms with Crippen LogP contribution in [0.1, 0.15) is 32.1 Å². The van der Waals surface area contributed by atoms with Gasteiger partial charge in [-0.25, -0.2) is 0 Å². The van der Waals surface area contributed by atoms with Crippen LogP contribution in [0.25, 0.3) is 0 Å². The van der Waals surface area contributed by atoms with E-state index in [2.05, 4.69) is 26.2 Å². The summed E-state index contributed by atoms with van der Waals surface area (Å²) in [6.45, 7) is 10.8. The predicted octanol–water partition coefficient (Wildman–Crippen LogP) is 3.58. The zero-order valence-electron chi connectivity index (χ0n) is 9.84. The lowest BCUT2D eigenvalue weighted by Gasteiger charge is -2.19. The molecule has 1 fully saturated rings. The number of rotatable bonds is 6. The maximum absolute atomic E-state index is 10.2. The van der Waals surface area contributed by atoms with Crippen LogP contribution < -0.4 is 0 Å². The standard InChI is InChI=1S/C12H24OSi/c1-5-6-7-8-9-12(13)10-11(12)14(2,3)4/h5,11,13H,1,6-10H2,2-4H3/t11-,12-/m0/s1. The molecule has 0 spiro atoms. The van der Waals surface area contributed by atoms with E-state index in [0.717, 1.165) is 25.7 Å². The summed E-state index contributed by atoms with van der Waals surface area (Å²) in [5, 5.41) is 10.2. The third kappa shape index (κ3) is 2.96. The van der Waals surface area contributed by atoms with Gasteiger partial charge in [-0.3, -0.25) is 0 Å². The second kappa shape index (κ2) is 4.19. The molecule has 14 heavy (non-hydrogen) atoms. The third-order valence-corrected chi connectivity index (χ3v) is 6.19. The lowest BCUT2D eigenvalue weighted by Crippen LogP contribution is -2.26. The molecule has 0 saturated heterocycles. The van der Waals surface area contributed by atoms with Crippen molar-refractivity contribution in [1.82, 2.24) is 0 Å². The minimum Gasteiger partial charge on any atom is -0.390 e. The number of hydrogen-bond donors (Lipinski definition) is 1. The molecule has 1 N–H and O–H groups in total. The lowest BCUT2D eigenvalue weighted by atomic mass is 10.1. The highest BCUT2D eigenvalue weighted by Gasteiger charge is 2.57. The van der Waals surface area contributed by atoms with Crippen LogP contribution >= 0.6 is 0 Å². The fourth-order valence-electron chi connectivity index (χ4n) is 2.40. The SMILES string of the molecule is C=CCCCC[C@]1(O)C[C@@H]1[Si](C)(C)C. The minimum atomic E-state index is -1.10. The molecule has 2 heteroatoms. The molecular weight excluding hydrogens is 188 g/mol. The normalized spacial score (nSPS) is 31.6. The van der Waals surface area contributed by atoms with Gasteiger partial charge in [0.2, 0.25) is 0 Å². The first-order valence-electron chi connectivity index (χ1n) is 5.73. The molecule has 1 aliphatic rings. The van der Waals surface area contributed by atoms with Crippen molar-refractivity contribution < 1.29 is 5.11 Å². The molecule has 1 rings (SSSR count). The Hall–Kier alpha value is -0.0831. The molecular formula is C12H24OSi. The van der Waals surface area contributed by atoms with Crippen LogP contribution in [-0.4, -0.2) is 18.8 Å². The summed E-state index contributed by atoms with van der Waals surface area (Å²) in [4.78, 5) is 0. The Labute approximate surface area is 89.2 Å². The Morgan fingerprint density at radius 3 is 2.50 bits per heavy atom. The van der Waals surface area contributed by atoms with Gasteiger partial charge < -0.3 is 5.11 Å². The van der Waals surface area contributed by atoms with Gasteiger partial charge in [0.05, 0.1) is 13.7 Å². The number of aliphatic hydroxyl groups is 1. The van der Waals surface area contributed by atoms with E-state index >= 15 is 0 Å². The summed E-state index contributed by atoms with van der Waals surface area (Å²) >= 11 is 0. The van der Waals surface area contributed by atoms with Crippen LogP contribution in [-0.2, 0) is 0 Å². The van der Waals surface area contributed by atoms with Gasteiger partial charge in [-0.2, -0.15) is 0 Å².